The van der Waals surface area contributed by atoms with Crippen LogP contribution in [-0.4, -0.2) is 33.9 Å². The van der Waals surface area contributed by atoms with Crippen molar-refractivity contribution in [3.05, 3.63) is 5.89 Å². The van der Waals surface area contributed by atoms with Crippen molar-refractivity contribution >= 4 is 17.7 Å². The molecule has 2 rings (SSSR count). The maximum absolute atomic E-state index is 12.0. The second-order valence-corrected chi connectivity index (χ2v) is 6.62. The molecule has 6 nitrogen and oxygen atoms in total. The predicted molar refractivity (Wildman–Crippen MR) is 81.9 cm³/mol. The van der Waals surface area contributed by atoms with E-state index >= 15 is 0 Å². The lowest BCUT2D eigenvalue weighted by Crippen LogP contribution is -2.58. The molecule has 1 saturated carbocycles. The van der Waals surface area contributed by atoms with Gasteiger partial charge in [0.05, 0.1) is 0 Å². The number of nitrogens with two attached hydrogens (primary N) is 1. The standard InChI is InChI=1S/C14H24N4O2S/c1-3-8-16-14(12(15)19)7-4-5-11(14)6-9-21-13-18-17-10(2)20-13/h11,16H,3-9H2,1-2H3,(H2,15,19). The number of nitrogens with zero attached hydrogens (tertiary/aromatic N) is 2. The van der Waals surface area contributed by atoms with E-state index in [1.807, 2.05) is 0 Å². The van der Waals surface area contributed by atoms with Gasteiger partial charge < -0.3 is 15.5 Å². The molecule has 1 aromatic heterocycles. The summed E-state index contributed by atoms with van der Waals surface area (Å²) < 4.78 is 5.35. The molecule has 1 aliphatic carbocycles. The maximum Gasteiger partial charge on any atom is 0.276 e. The van der Waals surface area contributed by atoms with Gasteiger partial charge in [0.1, 0.15) is 5.54 Å². The van der Waals surface area contributed by atoms with Crippen LogP contribution in [-0.2, 0) is 4.79 Å². The van der Waals surface area contributed by atoms with Crippen LogP contribution in [0.5, 0.6) is 0 Å². The Labute approximate surface area is 129 Å². The summed E-state index contributed by atoms with van der Waals surface area (Å²) in [5.41, 5.74) is 5.17. The number of carbonyl (C=O) groups is 1. The Morgan fingerprint density at radius 3 is 3.00 bits per heavy atom. The minimum Gasteiger partial charge on any atom is -0.416 e. The monoisotopic (exact) mass is 312 g/mol. The van der Waals surface area contributed by atoms with Crippen molar-refractivity contribution in [3.63, 3.8) is 0 Å². The number of nitrogens with one attached hydrogen (secondary N) is 1. The van der Waals surface area contributed by atoms with Crippen molar-refractivity contribution in [2.24, 2.45) is 11.7 Å². The van der Waals surface area contributed by atoms with Crippen LogP contribution < -0.4 is 11.1 Å². The molecule has 7 heteroatoms. The molecule has 0 aromatic carbocycles. The van der Waals surface area contributed by atoms with Gasteiger partial charge in [-0.05, 0) is 38.1 Å². The van der Waals surface area contributed by atoms with E-state index < -0.39 is 5.54 Å². The van der Waals surface area contributed by atoms with Crippen LogP contribution in [0.3, 0.4) is 0 Å². The van der Waals surface area contributed by atoms with Crippen LogP contribution in [0.4, 0.5) is 0 Å². The molecule has 2 atom stereocenters. The van der Waals surface area contributed by atoms with E-state index in [1.54, 1.807) is 18.7 Å². The van der Waals surface area contributed by atoms with Gasteiger partial charge in [0.15, 0.2) is 0 Å². The first-order valence-corrected chi connectivity index (χ1v) is 8.55. The summed E-state index contributed by atoms with van der Waals surface area (Å²) in [7, 11) is 0. The van der Waals surface area contributed by atoms with Gasteiger partial charge in [-0.25, -0.2) is 0 Å². The van der Waals surface area contributed by atoms with Crippen LogP contribution >= 0.6 is 11.8 Å². The molecule has 0 aliphatic heterocycles. The average molecular weight is 312 g/mol. The maximum atomic E-state index is 12.0. The number of aryl methyl sites for hydroxylation is 1. The van der Waals surface area contributed by atoms with E-state index in [0.29, 0.717) is 11.1 Å². The van der Waals surface area contributed by atoms with Gasteiger partial charge in [-0.2, -0.15) is 0 Å². The summed E-state index contributed by atoms with van der Waals surface area (Å²) in [6.07, 6.45) is 4.86. The van der Waals surface area contributed by atoms with Crippen molar-refractivity contribution in [1.82, 2.24) is 15.5 Å². The van der Waals surface area contributed by atoms with Crippen LogP contribution in [0.25, 0.3) is 0 Å². The molecular weight excluding hydrogens is 288 g/mol. The van der Waals surface area contributed by atoms with Crippen LogP contribution in [0.2, 0.25) is 0 Å². The molecule has 0 saturated heterocycles. The highest BCUT2D eigenvalue weighted by Gasteiger charge is 2.46. The number of amides is 1. The molecule has 21 heavy (non-hydrogen) atoms. The summed E-state index contributed by atoms with van der Waals surface area (Å²) in [6, 6.07) is 0. The highest BCUT2D eigenvalue weighted by Crippen LogP contribution is 2.39. The van der Waals surface area contributed by atoms with E-state index in [0.717, 1.165) is 44.4 Å². The van der Waals surface area contributed by atoms with Crippen molar-refractivity contribution in [3.8, 4) is 0 Å². The summed E-state index contributed by atoms with van der Waals surface area (Å²) in [5, 5.41) is 11.8. The zero-order valence-corrected chi connectivity index (χ0v) is 13.5. The number of thioether (sulfide) groups is 1. The predicted octanol–water partition coefficient (Wildman–Crippen LogP) is 1.88. The van der Waals surface area contributed by atoms with E-state index in [4.69, 9.17) is 10.2 Å². The van der Waals surface area contributed by atoms with Crippen molar-refractivity contribution < 1.29 is 9.21 Å². The largest absolute Gasteiger partial charge is 0.416 e. The van der Waals surface area contributed by atoms with E-state index in [1.165, 1.54) is 0 Å². The summed E-state index contributed by atoms with van der Waals surface area (Å²) in [5.74, 6) is 1.51. The van der Waals surface area contributed by atoms with Gasteiger partial charge in [-0.3, -0.25) is 4.79 Å². The average Bonchev–Trinajstić information content (AvgIpc) is 3.04. The first-order valence-electron chi connectivity index (χ1n) is 7.56. The highest BCUT2D eigenvalue weighted by molar-refractivity contribution is 7.99. The van der Waals surface area contributed by atoms with E-state index in [-0.39, 0.29) is 11.8 Å². The quantitative estimate of drug-likeness (QED) is 0.712. The number of aromatic nitrogens is 2. The van der Waals surface area contributed by atoms with Gasteiger partial charge in [0.25, 0.3) is 5.22 Å². The lowest BCUT2D eigenvalue weighted by Gasteiger charge is -2.33. The summed E-state index contributed by atoms with van der Waals surface area (Å²) >= 11 is 1.54. The molecule has 1 amide bonds. The van der Waals surface area contributed by atoms with Gasteiger partial charge in [0.2, 0.25) is 11.8 Å². The molecule has 0 radical (unpaired) electrons. The Kier molecular flexibility index (Phi) is 5.64. The van der Waals surface area contributed by atoms with E-state index in [9.17, 15) is 4.79 Å². The second kappa shape index (κ2) is 7.26. The molecule has 0 spiro atoms. The highest BCUT2D eigenvalue weighted by atomic mass is 32.2. The van der Waals surface area contributed by atoms with Crippen molar-refractivity contribution in [2.45, 2.75) is 56.7 Å². The lowest BCUT2D eigenvalue weighted by atomic mass is 9.84. The molecule has 1 aliphatic rings. The minimum absolute atomic E-state index is 0.211. The fourth-order valence-electron chi connectivity index (χ4n) is 3.09. The molecule has 0 bridgehead atoms. The molecule has 1 aromatic rings. The summed E-state index contributed by atoms with van der Waals surface area (Å²) in [4.78, 5) is 12.0. The molecule has 3 N–H and O–H groups in total. The van der Waals surface area contributed by atoms with Crippen LogP contribution in [0.15, 0.2) is 9.64 Å². The van der Waals surface area contributed by atoms with E-state index in [2.05, 4.69) is 22.4 Å². The molecular formula is C14H24N4O2S. The van der Waals surface area contributed by atoms with Gasteiger partial charge in [-0.15, -0.1) is 10.2 Å². The Hall–Kier alpha value is -1.08. The first-order chi connectivity index (χ1) is 10.1. The van der Waals surface area contributed by atoms with Crippen LogP contribution in [0.1, 0.15) is 44.9 Å². The molecule has 118 valence electrons. The zero-order valence-electron chi connectivity index (χ0n) is 12.7. The number of hydrogen-bond acceptors (Lipinski definition) is 6. The third kappa shape index (κ3) is 3.77. The van der Waals surface area contributed by atoms with Crippen molar-refractivity contribution in [2.75, 3.05) is 12.3 Å². The third-order valence-electron chi connectivity index (χ3n) is 4.15. The normalized spacial score (nSPS) is 25.3. The van der Waals surface area contributed by atoms with Gasteiger partial charge >= 0.3 is 0 Å². The number of primary amides is 1. The fraction of sp³-hybridized carbons (Fsp3) is 0.786. The minimum atomic E-state index is -0.526. The smallest absolute Gasteiger partial charge is 0.276 e. The number of hydrogen-bond donors (Lipinski definition) is 2. The van der Waals surface area contributed by atoms with Crippen molar-refractivity contribution in [1.29, 1.82) is 0 Å². The molecule has 1 heterocycles. The number of rotatable bonds is 8. The van der Waals surface area contributed by atoms with Gasteiger partial charge in [0, 0.05) is 12.7 Å². The Bertz CT molecular complexity index is 479. The topological polar surface area (TPSA) is 94.0 Å². The first kappa shape index (κ1) is 16.3. The Morgan fingerprint density at radius 1 is 1.57 bits per heavy atom. The lowest BCUT2D eigenvalue weighted by molar-refractivity contribution is -0.126. The molecule has 2 unspecified atom stereocenters. The van der Waals surface area contributed by atoms with Gasteiger partial charge in [-0.1, -0.05) is 25.1 Å². The Morgan fingerprint density at radius 2 is 2.38 bits per heavy atom. The summed E-state index contributed by atoms with van der Waals surface area (Å²) in [6.45, 7) is 4.70. The van der Waals surface area contributed by atoms with Crippen LogP contribution in [0, 0.1) is 12.8 Å². The zero-order chi connectivity index (χ0) is 15.3. The Balaban J connectivity index is 1.91. The second-order valence-electron chi connectivity index (χ2n) is 5.58. The number of carbonyl (C=O) groups excluding carboxylic acids is 1. The molecule has 1 fully saturated rings. The third-order valence-corrected chi connectivity index (χ3v) is 5.00. The SMILES string of the molecule is CCCNC1(C(N)=O)CCCC1CCSc1nnc(C)o1. The fourth-order valence-corrected chi connectivity index (χ4v) is 3.94.